The molecule has 0 bridgehead atoms. The summed E-state index contributed by atoms with van der Waals surface area (Å²) in [6.07, 6.45) is 58.5. The maximum absolute atomic E-state index is 12.7. The van der Waals surface area contributed by atoms with E-state index < -0.39 is 6.10 Å². The van der Waals surface area contributed by atoms with E-state index in [4.69, 9.17) is 14.2 Å². The number of ether oxygens (including phenoxy) is 3. The van der Waals surface area contributed by atoms with Gasteiger partial charge in [0.1, 0.15) is 13.2 Å². The molecule has 0 fully saturated rings. The van der Waals surface area contributed by atoms with E-state index in [1.807, 2.05) is 0 Å². The molecule has 6 nitrogen and oxygen atoms in total. The van der Waals surface area contributed by atoms with Crippen LogP contribution in [0.2, 0.25) is 0 Å². The standard InChI is InChI=1S/C55H100O6/c1-4-7-10-13-16-19-22-23-24-25-26-27-28-29-30-31-34-36-39-42-45-48-54(57)60-51-52(61-55(58)49-46-43-40-37-33-21-18-15-12-9-6-3)50-59-53(56)47-44-41-38-35-32-20-17-14-11-8-5-2/h15,18,22-23,25-26,52H,4-14,16-17,19-21,24,27-51H2,1-3H3/b18-15-,23-22-,26-25-. The van der Waals surface area contributed by atoms with E-state index in [1.54, 1.807) is 0 Å². The highest BCUT2D eigenvalue weighted by Gasteiger charge is 2.19. The minimum absolute atomic E-state index is 0.0741. The molecule has 61 heavy (non-hydrogen) atoms. The summed E-state index contributed by atoms with van der Waals surface area (Å²) in [4.78, 5) is 37.9. The molecule has 0 aliphatic heterocycles. The van der Waals surface area contributed by atoms with E-state index in [-0.39, 0.29) is 31.1 Å². The van der Waals surface area contributed by atoms with Crippen molar-refractivity contribution in [3.05, 3.63) is 36.5 Å². The van der Waals surface area contributed by atoms with Crippen molar-refractivity contribution >= 4 is 17.9 Å². The van der Waals surface area contributed by atoms with E-state index in [1.165, 1.54) is 161 Å². The lowest BCUT2D eigenvalue weighted by Crippen LogP contribution is -2.30. The van der Waals surface area contributed by atoms with Crippen molar-refractivity contribution in [2.24, 2.45) is 0 Å². The van der Waals surface area contributed by atoms with Crippen LogP contribution in [-0.4, -0.2) is 37.2 Å². The number of carbonyl (C=O) groups is 3. The molecule has 1 atom stereocenters. The first kappa shape index (κ1) is 58.6. The van der Waals surface area contributed by atoms with Gasteiger partial charge in [-0.2, -0.15) is 0 Å². The van der Waals surface area contributed by atoms with Crippen molar-refractivity contribution in [2.75, 3.05) is 13.2 Å². The maximum Gasteiger partial charge on any atom is 0.306 e. The van der Waals surface area contributed by atoms with Crippen LogP contribution in [0.4, 0.5) is 0 Å². The van der Waals surface area contributed by atoms with Gasteiger partial charge < -0.3 is 14.2 Å². The summed E-state index contributed by atoms with van der Waals surface area (Å²) in [5, 5.41) is 0. The minimum Gasteiger partial charge on any atom is -0.462 e. The highest BCUT2D eigenvalue weighted by molar-refractivity contribution is 5.71. The molecule has 0 heterocycles. The highest BCUT2D eigenvalue weighted by Crippen LogP contribution is 2.15. The SMILES string of the molecule is CCCC/C=C\CCCCCCCC(=O)OC(COC(=O)CCCCCCCCCCC/C=C\C/C=C\CCCCCCC)COC(=O)CCCCCCCCCCCCC. The van der Waals surface area contributed by atoms with Crippen molar-refractivity contribution in [3.8, 4) is 0 Å². The molecular weight excluding hydrogens is 757 g/mol. The Morgan fingerprint density at radius 2 is 0.607 bits per heavy atom. The van der Waals surface area contributed by atoms with Crippen molar-refractivity contribution in [3.63, 3.8) is 0 Å². The number of hydrogen-bond donors (Lipinski definition) is 0. The Morgan fingerprint density at radius 1 is 0.328 bits per heavy atom. The Morgan fingerprint density at radius 3 is 0.967 bits per heavy atom. The van der Waals surface area contributed by atoms with Gasteiger partial charge in [0.15, 0.2) is 6.10 Å². The molecule has 0 aromatic heterocycles. The molecule has 356 valence electrons. The zero-order chi connectivity index (χ0) is 44.4. The van der Waals surface area contributed by atoms with E-state index >= 15 is 0 Å². The van der Waals surface area contributed by atoms with Gasteiger partial charge >= 0.3 is 17.9 Å². The van der Waals surface area contributed by atoms with Gasteiger partial charge in [0.2, 0.25) is 0 Å². The van der Waals surface area contributed by atoms with Gasteiger partial charge in [-0.1, -0.05) is 224 Å². The van der Waals surface area contributed by atoms with Gasteiger partial charge in [0.05, 0.1) is 0 Å². The van der Waals surface area contributed by atoms with Crippen LogP contribution >= 0.6 is 0 Å². The van der Waals surface area contributed by atoms with Crippen LogP contribution in [0.5, 0.6) is 0 Å². The van der Waals surface area contributed by atoms with Crippen LogP contribution in [0.25, 0.3) is 0 Å². The third kappa shape index (κ3) is 48.5. The van der Waals surface area contributed by atoms with Crippen molar-refractivity contribution < 1.29 is 28.6 Å². The van der Waals surface area contributed by atoms with Gasteiger partial charge in [-0.3, -0.25) is 14.4 Å². The lowest BCUT2D eigenvalue weighted by molar-refractivity contribution is -0.167. The Kier molecular flexibility index (Phi) is 48.3. The molecule has 0 radical (unpaired) electrons. The summed E-state index contributed by atoms with van der Waals surface area (Å²) < 4.78 is 16.8. The first-order chi connectivity index (χ1) is 30.0. The molecule has 0 aromatic carbocycles. The second kappa shape index (κ2) is 50.3. The summed E-state index contributed by atoms with van der Waals surface area (Å²) in [5.41, 5.74) is 0. The number of hydrogen-bond acceptors (Lipinski definition) is 6. The van der Waals surface area contributed by atoms with Crippen LogP contribution in [0.1, 0.15) is 278 Å². The highest BCUT2D eigenvalue weighted by atomic mass is 16.6. The fourth-order valence-corrected chi connectivity index (χ4v) is 7.57. The number of allylic oxidation sites excluding steroid dienone is 6. The van der Waals surface area contributed by atoms with Crippen LogP contribution in [0.15, 0.2) is 36.5 Å². The molecule has 0 rings (SSSR count). The summed E-state index contributed by atoms with van der Waals surface area (Å²) >= 11 is 0. The van der Waals surface area contributed by atoms with Crippen LogP contribution in [0.3, 0.4) is 0 Å². The van der Waals surface area contributed by atoms with E-state index in [0.717, 1.165) is 77.0 Å². The first-order valence-corrected chi connectivity index (χ1v) is 26.5. The number of rotatable bonds is 48. The molecule has 0 N–H and O–H groups in total. The van der Waals surface area contributed by atoms with Crippen LogP contribution in [0, 0.1) is 0 Å². The number of esters is 3. The Hall–Kier alpha value is -2.37. The lowest BCUT2D eigenvalue weighted by Gasteiger charge is -2.18. The molecule has 0 spiro atoms. The Labute approximate surface area is 378 Å². The van der Waals surface area contributed by atoms with Gasteiger partial charge in [-0.15, -0.1) is 0 Å². The summed E-state index contributed by atoms with van der Waals surface area (Å²) in [6.45, 7) is 6.59. The second-order valence-electron chi connectivity index (χ2n) is 17.8. The molecule has 0 amide bonds. The summed E-state index contributed by atoms with van der Waals surface area (Å²) in [5.74, 6) is -0.880. The van der Waals surface area contributed by atoms with Gasteiger partial charge in [-0.25, -0.2) is 0 Å². The van der Waals surface area contributed by atoms with Crippen LogP contribution in [-0.2, 0) is 28.6 Å². The third-order valence-electron chi connectivity index (χ3n) is 11.6. The molecule has 6 heteroatoms. The van der Waals surface area contributed by atoms with Crippen molar-refractivity contribution in [1.82, 2.24) is 0 Å². The molecule has 0 aliphatic carbocycles. The quantitative estimate of drug-likeness (QED) is 0.0262. The van der Waals surface area contributed by atoms with E-state index in [2.05, 4.69) is 57.2 Å². The topological polar surface area (TPSA) is 78.9 Å². The largest absolute Gasteiger partial charge is 0.462 e. The first-order valence-electron chi connectivity index (χ1n) is 26.5. The van der Waals surface area contributed by atoms with Crippen molar-refractivity contribution in [1.29, 1.82) is 0 Å². The predicted molar refractivity (Wildman–Crippen MR) is 261 cm³/mol. The number of carbonyl (C=O) groups excluding carboxylic acids is 3. The predicted octanol–water partition coefficient (Wildman–Crippen LogP) is 17.3. The van der Waals surface area contributed by atoms with Crippen molar-refractivity contribution in [2.45, 2.75) is 284 Å². The molecule has 0 saturated carbocycles. The minimum atomic E-state index is -0.773. The molecule has 0 aromatic rings. The third-order valence-corrected chi connectivity index (χ3v) is 11.6. The lowest BCUT2D eigenvalue weighted by atomic mass is 10.1. The van der Waals surface area contributed by atoms with Gasteiger partial charge in [-0.05, 0) is 70.6 Å². The second-order valence-corrected chi connectivity index (χ2v) is 17.8. The Bertz CT molecular complexity index is 1030. The zero-order valence-corrected chi connectivity index (χ0v) is 40.7. The van der Waals surface area contributed by atoms with Gasteiger partial charge in [0.25, 0.3) is 0 Å². The van der Waals surface area contributed by atoms with Crippen LogP contribution < -0.4 is 0 Å². The molecular formula is C55H100O6. The average molecular weight is 857 g/mol. The fourth-order valence-electron chi connectivity index (χ4n) is 7.57. The zero-order valence-electron chi connectivity index (χ0n) is 40.7. The summed E-state index contributed by atoms with van der Waals surface area (Å²) in [6, 6.07) is 0. The molecule has 0 saturated heterocycles. The van der Waals surface area contributed by atoms with E-state index in [0.29, 0.717) is 19.3 Å². The van der Waals surface area contributed by atoms with Gasteiger partial charge in [0, 0.05) is 19.3 Å². The molecule has 0 aliphatic rings. The maximum atomic E-state index is 12.7. The fraction of sp³-hybridized carbons (Fsp3) is 0.836. The molecule has 1 unspecified atom stereocenters. The normalized spacial score (nSPS) is 12.2. The Balaban J connectivity index is 4.26. The average Bonchev–Trinajstić information content (AvgIpc) is 3.26. The monoisotopic (exact) mass is 857 g/mol. The summed E-state index contributed by atoms with van der Waals surface area (Å²) in [7, 11) is 0. The van der Waals surface area contributed by atoms with E-state index in [9.17, 15) is 14.4 Å². The smallest absolute Gasteiger partial charge is 0.306 e. The number of unbranched alkanes of at least 4 members (excludes halogenated alkanes) is 31.